The Morgan fingerprint density at radius 1 is 1.29 bits per heavy atom. The van der Waals surface area contributed by atoms with Crippen LogP contribution in [0.2, 0.25) is 0 Å². The lowest BCUT2D eigenvalue weighted by molar-refractivity contribution is -0.136. The summed E-state index contributed by atoms with van der Waals surface area (Å²) in [5.41, 5.74) is 5.50. The van der Waals surface area contributed by atoms with Gasteiger partial charge in [-0.25, -0.2) is 0 Å². The van der Waals surface area contributed by atoms with Gasteiger partial charge < -0.3 is 5.73 Å². The first-order chi connectivity index (χ1) is 7.78. The molecule has 102 valence electrons. The van der Waals surface area contributed by atoms with E-state index in [0.717, 1.165) is 19.4 Å². The fraction of sp³-hybridized carbons (Fsp3) is 1.00. The molecule has 0 aliphatic carbocycles. The molecule has 1 rings (SSSR count). The predicted octanol–water partition coefficient (Wildman–Crippen LogP) is 2.92. The number of hydrogen-bond donors (Lipinski definition) is 1. The van der Waals surface area contributed by atoms with E-state index in [2.05, 4.69) is 11.8 Å². The third-order valence-electron chi connectivity index (χ3n) is 3.86. The zero-order valence-electron chi connectivity index (χ0n) is 10.7. The molecule has 0 aromatic carbocycles. The van der Waals surface area contributed by atoms with Crippen molar-refractivity contribution in [3.05, 3.63) is 0 Å². The molecule has 0 aromatic heterocycles. The molecular formula is C12H23F3N2. The largest absolute Gasteiger partial charge is 0.389 e. The monoisotopic (exact) mass is 252 g/mol. The van der Waals surface area contributed by atoms with E-state index >= 15 is 0 Å². The first kappa shape index (κ1) is 14.8. The van der Waals surface area contributed by atoms with Crippen LogP contribution in [0, 0.1) is 0 Å². The van der Waals surface area contributed by atoms with Gasteiger partial charge in [-0.1, -0.05) is 0 Å². The second-order valence-corrected chi connectivity index (χ2v) is 5.35. The van der Waals surface area contributed by atoms with E-state index in [1.165, 1.54) is 0 Å². The van der Waals surface area contributed by atoms with Crippen LogP contribution in [0.1, 0.15) is 46.0 Å². The third kappa shape index (κ3) is 4.14. The van der Waals surface area contributed by atoms with Gasteiger partial charge in [-0.05, 0) is 46.1 Å². The molecule has 2 unspecified atom stereocenters. The van der Waals surface area contributed by atoms with Crippen molar-refractivity contribution in [3.63, 3.8) is 0 Å². The molecule has 2 nitrogen and oxygen atoms in total. The lowest BCUT2D eigenvalue weighted by Gasteiger charge is -2.41. The molecule has 1 heterocycles. The summed E-state index contributed by atoms with van der Waals surface area (Å²) in [5, 5.41) is 0. The fourth-order valence-electron chi connectivity index (χ4n) is 2.77. The van der Waals surface area contributed by atoms with Crippen molar-refractivity contribution in [1.82, 2.24) is 4.90 Å². The molecule has 2 N–H and O–H groups in total. The van der Waals surface area contributed by atoms with Crippen LogP contribution in [0.25, 0.3) is 0 Å². The van der Waals surface area contributed by atoms with Crippen molar-refractivity contribution in [2.24, 2.45) is 5.73 Å². The maximum absolute atomic E-state index is 12.1. The Balaban J connectivity index is 2.50. The van der Waals surface area contributed by atoms with Gasteiger partial charge in [-0.15, -0.1) is 0 Å². The van der Waals surface area contributed by atoms with E-state index in [1.54, 1.807) is 0 Å². The van der Waals surface area contributed by atoms with Gasteiger partial charge in [0.05, 0.1) is 0 Å². The van der Waals surface area contributed by atoms with Crippen LogP contribution in [0.3, 0.4) is 0 Å². The molecule has 0 spiro atoms. The lowest BCUT2D eigenvalue weighted by atomic mass is 9.92. The van der Waals surface area contributed by atoms with Crippen molar-refractivity contribution in [1.29, 1.82) is 0 Å². The van der Waals surface area contributed by atoms with Crippen LogP contribution in [0.5, 0.6) is 0 Å². The SMILES string of the molecule is CC1CCCN1C(C)(CN)CCCC(F)(F)F. The zero-order valence-corrected chi connectivity index (χ0v) is 10.7. The number of rotatable bonds is 5. The van der Waals surface area contributed by atoms with E-state index < -0.39 is 12.6 Å². The molecule has 5 heteroatoms. The van der Waals surface area contributed by atoms with Gasteiger partial charge in [0.2, 0.25) is 0 Å². The summed E-state index contributed by atoms with van der Waals surface area (Å²) < 4.78 is 36.4. The van der Waals surface area contributed by atoms with Gasteiger partial charge in [0.1, 0.15) is 0 Å². The van der Waals surface area contributed by atoms with Crippen molar-refractivity contribution in [3.8, 4) is 0 Å². The molecule has 0 bridgehead atoms. The fourth-order valence-corrected chi connectivity index (χ4v) is 2.77. The van der Waals surface area contributed by atoms with Crippen molar-refractivity contribution >= 4 is 0 Å². The number of halogens is 3. The molecule has 0 aromatic rings. The van der Waals surface area contributed by atoms with Crippen LogP contribution in [0.15, 0.2) is 0 Å². The highest BCUT2D eigenvalue weighted by Crippen LogP contribution is 2.32. The molecule has 0 amide bonds. The third-order valence-corrected chi connectivity index (χ3v) is 3.86. The molecule has 1 aliphatic rings. The van der Waals surface area contributed by atoms with Gasteiger partial charge in [-0.3, -0.25) is 4.90 Å². The van der Waals surface area contributed by atoms with Gasteiger partial charge in [-0.2, -0.15) is 13.2 Å². The molecule has 2 atom stereocenters. The first-order valence-electron chi connectivity index (χ1n) is 6.32. The Labute approximate surface area is 101 Å². The van der Waals surface area contributed by atoms with Crippen LogP contribution < -0.4 is 5.73 Å². The quantitative estimate of drug-likeness (QED) is 0.815. The smallest absolute Gasteiger partial charge is 0.329 e. The van der Waals surface area contributed by atoms with Crippen molar-refractivity contribution in [2.45, 2.75) is 63.7 Å². The topological polar surface area (TPSA) is 29.3 Å². The van der Waals surface area contributed by atoms with Gasteiger partial charge in [0, 0.05) is 24.5 Å². The number of likely N-dealkylation sites (tertiary alicyclic amines) is 1. The minimum Gasteiger partial charge on any atom is -0.329 e. The second-order valence-electron chi connectivity index (χ2n) is 5.35. The van der Waals surface area contributed by atoms with E-state index in [9.17, 15) is 13.2 Å². The normalized spacial score (nSPS) is 26.1. The van der Waals surface area contributed by atoms with Gasteiger partial charge in [0.25, 0.3) is 0 Å². The summed E-state index contributed by atoms with van der Waals surface area (Å²) >= 11 is 0. The Hall–Kier alpha value is -0.290. The second kappa shape index (κ2) is 5.57. The first-order valence-corrected chi connectivity index (χ1v) is 6.32. The molecule has 0 radical (unpaired) electrons. The van der Waals surface area contributed by atoms with Crippen LogP contribution in [-0.2, 0) is 0 Å². The standard InChI is InChI=1S/C12H23F3N2/c1-10-5-3-8-17(10)11(2,9-16)6-4-7-12(13,14)15/h10H,3-9,16H2,1-2H3. The summed E-state index contributed by atoms with van der Waals surface area (Å²) in [6.45, 7) is 5.51. The van der Waals surface area contributed by atoms with Crippen LogP contribution >= 0.6 is 0 Å². The summed E-state index contributed by atoms with van der Waals surface area (Å²) in [5.74, 6) is 0. The zero-order chi connectivity index (χ0) is 13.1. The predicted molar refractivity (Wildman–Crippen MR) is 62.8 cm³/mol. The number of alkyl halides is 3. The van der Waals surface area contributed by atoms with E-state index in [4.69, 9.17) is 5.73 Å². The van der Waals surface area contributed by atoms with Crippen LogP contribution in [-0.4, -0.2) is 35.7 Å². The molecule has 1 saturated heterocycles. The summed E-state index contributed by atoms with van der Waals surface area (Å²) in [6.07, 6.45) is -1.82. The van der Waals surface area contributed by atoms with E-state index in [0.29, 0.717) is 19.0 Å². The van der Waals surface area contributed by atoms with Crippen LogP contribution in [0.4, 0.5) is 13.2 Å². The summed E-state index contributed by atoms with van der Waals surface area (Å²) in [4.78, 5) is 2.28. The molecule has 1 fully saturated rings. The maximum atomic E-state index is 12.1. The number of nitrogens with zero attached hydrogens (tertiary/aromatic N) is 1. The highest BCUT2D eigenvalue weighted by molar-refractivity contribution is 4.93. The minimum absolute atomic E-state index is 0.167. The number of hydrogen-bond acceptors (Lipinski definition) is 2. The molecule has 0 saturated carbocycles. The van der Waals surface area contributed by atoms with Crippen molar-refractivity contribution < 1.29 is 13.2 Å². The Kier molecular flexibility index (Phi) is 4.84. The molecule has 17 heavy (non-hydrogen) atoms. The minimum atomic E-state index is -4.05. The summed E-state index contributed by atoms with van der Waals surface area (Å²) in [7, 11) is 0. The average Bonchev–Trinajstić information content (AvgIpc) is 2.63. The molecular weight excluding hydrogens is 229 g/mol. The summed E-state index contributed by atoms with van der Waals surface area (Å²) in [6, 6.07) is 0.439. The highest BCUT2D eigenvalue weighted by atomic mass is 19.4. The Morgan fingerprint density at radius 2 is 1.94 bits per heavy atom. The molecule has 1 aliphatic heterocycles. The van der Waals surface area contributed by atoms with Crippen molar-refractivity contribution in [2.75, 3.05) is 13.1 Å². The average molecular weight is 252 g/mol. The highest BCUT2D eigenvalue weighted by Gasteiger charge is 2.37. The van der Waals surface area contributed by atoms with E-state index in [1.807, 2.05) is 6.92 Å². The number of nitrogens with two attached hydrogens (primary N) is 1. The van der Waals surface area contributed by atoms with Gasteiger partial charge in [0.15, 0.2) is 0 Å². The van der Waals surface area contributed by atoms with Gasteiger partial charge >= 0.3 is 6.18 Å². The Morgan fingerprint density at radius 3 is 2.35 bits per heavy atom. The van der Waals surface area contributed by atoms with E-state index in [-0.39, 0.29) is 12.0 Å². The maximum Gasteiger partial charge on any atom is 0.389 e. The lowest BCUT2D eigenvalue weighted by Crippen LogP contribution is -2.53. The Bertz CT molecular complexity index is 242.